The normalized spacial score (nSPS) is 26.2. The third-order valence-electron chi connectivity index (χ3n) is 3.29. The van der Waals surface area contributed by atoms with Gasteiger partial charge >= 0.3 is 5.97 Å². The van der Waals surface area contributed by atoms with E-state index >= 15 is 0 Å². The molecule has 0 N–H and O–H groups in total. The summed E-state index contributed by atoms with van der Waals surface area (Å²) in [5.74, 6) is -0.241. The molecule has 0 amide bonds. The van der Waals surface area contributed by atoms with Crippen LogP contribution in [0.1, 0.15) is 19.3 Å². The molecule has 1 fully saturated rings. The average molecular weight is 296 g/mol. The highest BCUT2D eigenvalue weighted by Gasteiger charge is 2.31. The Labute approximate surface area is 123 Å². The average Bonchev–Trinajstić information content (AvgIpc) is 2.47. The molecule has 0 aromatic heterocycles. The van der Waals surface area contributed by atoms with Crippen LogP contribution in [0, 0.1) is 0 Å². The molecule has 5 heteroatoms. The Bertz CT molecular complexity index is 423. The second-order valence-electron chi connectivity index (χ2n) is 4.73. The van der Waals surface area contributed by atoms with Crippen LogP contribution in [-0.4, -0.2) is 37.8 Å². The number of rotatable bonds is 5. The van der Waals surface area contributed by atoms with Gasteiger partial charge in [-0.15, -0.1) is 0 Å². The van der Waals surface area contributed by atoms with Crippen molar-refractivity contribution in [2.45, 2.75) is 41.8 Å². The first-order valence-electron chi connectivity index (χ1n) is 6.68. The van der Waals surface area contributed by atoms with E-state index < -0.39 is 0 Å². The van der Waals surface area contributed by atoms with E-state index in [9.17, 15) is 4.79 Å². The molecule has 0 unspecified atom stereocenters. The topological polar surface area (TPSA) is 44.8 Å². The number of hydrogen-bond donors (Lipinski definition) is 0. The number of carbonyl (C=O) groups is 1. The van der Waals surface area contributed by atoms with E-state index in [1.807, 2.05) is 18.2 Å². The lowest BCUT2D eigenvalue weighted by molar-refractivity contribution is -0.147. The van der Waals surface area contributed by atoms with Crippen molar-refractivity contribution in [3.05, 3.63) is 30.3 Å². The van der Waals surface area contributed by atoms with E-state index in [0.29, 0.717) is 0 Å². The van der Waals surface area contributed by atoms with E-state index in [4.69, 9.17) is 14.2 Å². The van der Waals surface area contributed by atoms with Crippen molar-refractivity contribution in [3.63, 3.8) is 0 Å². The predicted octanol–water partition coefficient (Wildman–Crippen LogP) is 2.86. The zero-order chi connectivity index (χ0) is 14.4. The molecule has 0 bridgehead atoms. The van der Waals surface area contributed by atoms with Crippen LogP contribution < -0.4 is 0 Å². The maximum absolute atomic E-state index is 11.4. The van der Waals surface area contributed by atoms with Crippen LogP contribution in [0.3, 0.4) is 0 Å². The lowest BCUT2D eigenvalue weighted by Gasteiger charge is -2.34. The van der Waals surface area contributed by atoms with Crippen molar-refractivity contribution in [2.24, 2.45) is 0 Å². The van der Waals surface area contributed by atoms with Crippen molar-refractivity contribution >= 4 is 17.7 Å². The predicted molar refractivity (Wildman–Crippen MR) is 77.6 cm³/mol. The molecule has 1 saturated heterocycles. The van der Waals surface area contributed by atoms with Crippen LogP contribution in [0.2, 0.25) is 0 Å². The number of hydrogen-bond acceptors (Lipinski definition) is 5. The molecule has 1 aliphatic rings. The first-order valence-corrected chi connectivity index (χ1v) is 7.56. The molecule has 20 heavy (non-hydrogen) atoms. The summed E-state index contributed by atoms with van der Waals surface area (Å²) in [5.41, 5.74) is 0.00533. The number of esters is 1. The number of carbonyl (C=O) groups excluding carboxylic acids is 1. The first kappa shape index (κ1) is 15.4. The van der Waals surface area contributed by atoms with Crippen molar-refractivity contribution in [1.29, 1.82) is 0 Å². The van der Waals surface area contributed by atoms with Crippen LogP contribution in [-0.2, 0) is 19.0 Å². The Hall–Kier alpha value is -1.04. The second kappa shape index (κ2) is 7.67. The minimum Gasteiger partial charge on any atom is -0.469 e. The smallest absolute Gasteiger partial charge is 0.308 e. The summed E-state index contributed by atoms with van der Waals surface area (Å²) in [7, 11) is 3.10. The summed E-state index contributed by atoms with van der Waals surface area (Å²) in [4.78, 5) is 12.5. The summed E-state index contributed by atoms with van der Waals surface area (Å²) in [6, 6.07) is 10.1. The molecule has 110 valence electrons. The molecule has 2 rings (SSSR count). The highest BCUT2D eigenvalue weighted by molar-refractivity contribution is 7.99. The van der Waals surface area contributed by atoms with Crippen LogP contribution in [0.5, 0.6) is 0 Å². The summed E-state index contributed by atoms with van der Waals surface area (Å²) in [6.45, 7) is 0. The molecule has 1 heterocycles. The molecule has 3 atom stereocenters. The minimum absolute atomic E-state index is 0.00533. The molecule has 0 spiro atoms. The Morgan fingerprint density at radius 3 is 2.70 bits per heavy atom. The Balaban J connectivity index is 1.96. The largest absolute Gasteiger partial charge is 0.469 e. The summed E-state index contributed by atoms with van der Waals surface area (Å²) in [5, 5.41) is 0. The van der Waals surface area contributed by atoms with Gasteiger partial charge in [-0.2, -0.15) is 0 Å². The van der Waals surface area contributed by atoms with Crippen molar-refractivity contribution in [3.8, 4) is 0 Å². The fourth-order valence-electron chi connectivity index (χ4n) is 2.25. The molecule has 1 aromatic carbocycles. The van der Waals surface area contributed by atoms with Gasteiger partial charge in [-0.1, -0.05) is 30.0 Å². The zero-order valence-electron chi connectivity index (χ0n) is 11.8. The molecule has 0 radical (unpaired) electrons. The fraction of sp³-hybridized carbons (Fsp3) is 0.533. The van der Waals surface area contributed by atoms with Gasteiger partial charge in [0, 0.05) is 24.8 Å². The lowest BCUT2D eigenvalue weighted by atomic mass is 10.0. The first-order chi connectivity index (χ1) is 9.71. The van der Waals surface area contributed by atoms with Gasteiger partial charge in [0.15, 0.2) is 0 Å². The zero-order valence-corrected chi connectivity index (χ0v) is 12.6. The number of thioether (sulfide) groups is 1. The van der Waals surface area contributed by atoms with Crippen LogP contribution in [0.4, 0.5) is 0 Å². The Morgan fingerprint density at radius 2 is 2.05 bits per heavy atom. The minimum atomic E-state index is -0.241. The van der Waals surface area contributed by atoms with E-state index in [2.05, 4.69) is 12.1 Å². The quantitative estimate of drug-likeness (QED) is 0.782. The highest BCUT2D eigenvalue weighted by Crippen LogP contribution is 2.34. The number of benzene rings is 1. The van der Waals surface area contributed by atoms with E-state index in [1.165, 1.54) is 7.11 Å². The van der Waals surface area contributed by atoms with E-state index in [-0.39, 0.29) is 30.0 Å². The SMILES string of the molecule is COC(=O)C[C@@H]1C[C@H](OC)C[C@H](Sc2ccccc2)O1. The molecule has 4 nitrogen and oxygen atoms in total. The third kappa shape index (κ3) is 4.51. The highest BCUT2D eigenvalue weighted by atomic mass is 32.2. The lowest BCUT2D eigenvalue weighted by Crippen LogP contribution is -2.36. The molecule has 1 aliphatic heterocycles. The Kier molecular flexibility index (Phi) is 5.88. The van der Waals surface area contributed by atoms with Crippen molar-refractivity contribution < 1.29 is 19.0 Å². The van der Waals surface area contributed by atoms with Crippen molar-refractivity contribution in [2.75, 3.05) is 14.2 Å². The van der Waals surface area contributed by atoms with Crippen LogP contribution in [0.25, 0.3) is 0 Å². The van der Waals surface area contributed by atoms with Gasteiger partial charge in [0.25, 0.3) is 0 Å². The molecular formula is C15H20O4S. The molecule has 0 saturated carbocycles. The molecule has 0 aliphatic carbocycles. The van der Waals surface area contributed by atoms with Crippen LogP contribution >= 0.6 is 11.8 Å². The standard InChI is InChI=1S/C15H20O4S/c1-17-11-8-12(9-14(16)18-2)19-15(10-11)20-13-6-4-3-5-7-13/h3-7,11-12,15H,8-10H2,1-2H3/t11-,12-,15-/m0/s1. The summed E-state index contributed by atoms with van der Waals surface area (Å²) < 4.78 is 16.1. The van der Waals surface area contributed by atoms with Gasteiger partial charge in [-0.05, 0) is 12.1 Å². The van der Waals surface area contributed by atoms with Gasteiger partial charge in [0.05, 0.1) is 25.7 Å². The summed E-state index contributed by atoms with van der Waals surface area (Å²) in [6.07, 6.45) is 1.83. The van der Waals surface area contributed by atoms with E-state index in [0.717, 1.165) is 17.7 Å². The van der Waals surface area contributed by atoms with Crippen LogP contribution in [0.15, 0.2) is 35.2 Å². The number of ether oxygens (including phenoxy) is 3. The van der Waals surface area contributed by atoms with Gasteiger partial charge in [-0.25, -0.2) is 0 Å². The van der Waals surface area contributed by atoms with Gasteiger partial charge < -0.3 is 14.2 Å². The maximum Gasteiger partial charge on any atom is 0.308 e. The second-order valence-corrected chi connectivity index (χ2v) is 5.96. The maximum atomic E-state index is 11.4. The van der Waals surface area contributed by atoms with Gasteiger partial charge in [0.2, 0.25) is 0 Å². The fourth-order valence-corrected chi connectivity index (χ4v) is 3.39. The molecule has 1 aromatic rings. The molecular weight excluding hydrogens is 276 g/mol. The van der Waals surface area contributed by atoms with E-state index in [1.54, 1.807) is 18.9 Å². The van der Waals surface area contributed by atoms with Crippen molar-refractivity contribution in [1.82, 2.24) is 0 Å². The third-order valence-corrected chi connectivity index (χ3v) is 4.40. The summed E-state index contributed by atoms with van der Waals surface area (Å²) >= 11 is 1.67. The monoisotopic (exact) mass is 296 g/mol. The van der Waals surface area contributed by atoms with Gasteiger partial charge in [0.1, 0.15) is 5.44 Å². The number of methoxy groups -OCH3 is 2. The van der Waals surface area contributed by atoms with Gasteiger partial charge in [-0.3, -0.25) is 4.79 Å². The Morgan fingerprint density at radius 1 is 1.30 bits per heavy atom.